The van der Waals surface area contributed by atoms with Gasteiger partial charge in [0.05, 0.1) is 5.52 Å². The second kappa shape index (κ2) is 5.55. The SMILES string of the molecule is O=C(OC1CCCC1)c1c[nH]c2cc(I)ccc2c1=O. The van der Waals surface area contributed by atoms with E-state index in [4.69, 9.17) is 4.74 Å². The Bertz CT molecular complexity index is 717. The first-order valence-corrected chi connectivity index (χ1v) is 7.75. The van der Waals surface area contributed by atoms with E-state index in [2.05, 4.69) is 27.6 Å². The Kier molecular flexibility index (Phi) is 3.78. The fourth-order valence-electron chi connectivity index (χ4n) is 2.57. The summed E-state index contributed by atoms with van der Waals surface area (Å²) in [5.74, 6) is -0.515. The molecule has 0 atom stereocenters. The minimum atomic E-state index is -0.515. The van der Waals surface area contributed by atoms with E-state index < -0.39 is 5.97 Å². The van der Waals surface area contributed by atoms with Gasteiger partial charge < -0.3 is 9.72 Å². The number of carbonyl (C=O) groups excluding carboxylic acids is 1. The van der Waals surface area contributed by atoms with Crippen LogP contribution in [0, 0.1) is 3.57 Å². The van der Waals surface area contributed by atoms with Gasteiger partial charge >= 0.3 is 5.97 Å². The number of H-pyrrole nitrogens is 1. The highest BCUT2D eigenvalue weighted by atomic mass is 127. The molecule has 3 rings (SSSR count). The third-order valence-corrected chi connectivity index (χ3v) is 4.31. The predicted molar refractivity (Wildman–Crippen MR) is 85.0 cm³/mol. The monoisotopic (exact) mass is 383 g/mol. The lowest BCUT2D eigenvalue weighted by Crippen LogP contribution is -2.22. The molecule has 1 aliphatic carbocycles. The molecule has 1 aromatic carbocycles. The lowest BCUT2D eigenvalue weighted by atomic mass is 10.1. The van der Waals surface area contributed by atoms with Crippen molar-refractivity contribution in [3.63, 3.8) is 0 Å². The van der Waals surface area contributed by atoms with E-state index in [-0.39, 0.29) is 17.1 Å². The maximum absolute atomic E-state index is 12.3. The number of halogens is 1. The van der Waals surface area contributed by atoms with E-state index in [1.54, 1.807) is 6.07 Å². The zero-order valence-corrected chi connectivity index (χ0v) is 13.0. The van der Waals surface area contributed by atoms with Gasteiger partial charge in [-0.15, -0.1) is 0 Å². The van der Waals surface area contributed by atoms with E-state index in [9.17, 15) is 9.59 Å². The molecule has 1 aromatic heterocycles. The van der Waals surface area contributed by atoms with Gasteiger partial charge in [0, 0.05) is 15.2 Å². The molecule has 2 aromatic rings. The number of aromatic amines is 1. The van der Waals surface area contributed by atoms with Crippen LogP contribution < -0.4 is 5.43 Å². The van der Waals surface area contributed by atoms with E-state index in [1.807, 2.05) is 12.1 Å². The Hall–Kier alpha value is -1.37. The van der Waals surface area contributed by atoms with Gasteiger partial charge in [-0.25, -0.2) is 4.79 Å². The molecule has 5 heteroatoms. The van der Waals surface area contributed by atoms with Gasteiger partial charge in [-0.2, -0.15) is 0 Å². The first-order chi connectivity index (χ1) is 9.65. The Labute approximate surface area is 129 Å². The van der Waals surface area contributed by atoms with Crippen molar-refractivity contribution in [2.45, 2.75) is 31.8 Å². The van der Waals surface area contributed by atoms with Crippen molar-refractivity contribution in [1.82, 2.24) is 4.98 Å². The lowest BCUT2D eigenvalue weighted by Gasteiger charge is -2.11. The number of fused-ring (bicyclic) bond motifs is 1. The van der Waals surface area contributed by atoms with Crippen LogP contribution in [0.15, 0.2) is 29.2 Å². The highest BCUT2D eigenvalue weighted by Gasteiger charge is 2.22. The highest BCUT2D eigenvalue weighted by molar-refractivity contribution is 14.1. The zero-order valence-electron chi connectivity index (χ0n) is 10.8. The molecule has 0 aliphatic heterocycles. The summed E-state index contributed by atoms with van der Waals surface area (Å²) in [7, 11) is 0. The normalized spacial score (nSPS) is 15.7. The Morgan fingerprint density at radius 1 is 1.30 bits per heavy atom. The van der Waals surface area contributed by atoms with Crippen molar-refractivity contribution >= 4 is 39.5 Å². The van der Waals surface area contributed by atoms with Crippen LogP contribution in [0.4, 0.5) is 0 Å². The molecule has 1 saturated carbocycles. The first-order valence-electron chi connectivity index (χ1n) is 6.67. The second-order valence-corrected chi connectivity index (χ2v) is 6.28. The molecule has 0 bridgehead atoms. The van der Waals surface area contributed by atoms with Gasteiger partial charge in [0.15, 0.2) is 0 Å². The van der Waals surface area contributed by atoms with Crippen LogP contribution in [0.3, 0.4) is 0 Å². The van der Waals surface area contributed by atoms with Crippen LogP contribution in [0.1, 0.15) is 36.0 Å². The standard InChI is InChI=1S/C15H14INO3/c16-9-5-6-11-13(7-9)17-8-12(14(11)18)15(19)20-10-3-1-2-4-10/h5-8,10H,1-4H2,(H,17,18). The predicted octanol–water partition coefficient (Wildman–Crippen LogP) is 3.23. The number of nitrogens with one attached hydrogen (secondary N) is 1. The van der Waals surface area contributed by atoms with E-state index in [1.165, 1.54) is 6.20 Å². The third kappa shape index (κ3) is 2.59. The van der Waals surface area contributed by atoms with Gasteiger partial charge in [-0.3, -0.25) is 4.79 Å². The van der Waals surface area contributed by atoms with E-state index in [0.29, 0.717) is 5.39 Å². The first kappa shape index (κ1) is 13.6. The summed E-state index contributed by atoms with van der Waals surface area (Å²) >= 11 is 2.18. The Morgan fingerprint density at radius 3 is 2.80 bits per heavy atom. The van der Waals surface area contributed by atoms with Gasteiger partial charge in [-0.05, 0) is 66.5 Å². The quantitative estimate of drug-likeness (QED) is 0.640. The Balaban J connectivity index is 1.95. The molecule has 0 saturated heterocycles. The van der Waals surface area contributed by atoms with Crippen LogP contribution in [-0.2, 0) is 4.74 Å². The topological polar surface area (TPSA) is 59.2 Å². The smallest absolute Gasteiger partial charge is 0.343 e. The molecule has 0 amide bonds. The van der Waals surface area contributed by atoms with E-state index in [0.717, 1.165) is 34.8 Å². The van der Waals surface area contributed by atoms with Crippen molar-refractivity contribution in [3.8, 4) is 0 Å². The number of benzene rings is 1. The van der Waals surface area contributed by atoms with Gasteiger partial charge in [-0.1, -0.05) is 0 Å². The summed E-state index contributed by atoms with van der Waals surface area (Å²) in [4.78, 5) is 27.4. The summed E-state index contributed by atoms with van der Waals surface area (Å²) in [5.41, 5.74) is 0.558. The molecule has 0 unspecified atom stereocenters. The van der Waals surface area contributed by atoms with Crippen LogP contribution in [0.2, 0.25) is 0 Å². The maximum atomic E-state index is 12.3. The van der Waals surface area contributed by atoms with Gasteiger partial charge in [0.2, 0.25) is 5.43 Å². The molecular weight excluding hydrogens is 369 g/mol. The molecule has 20 heavy (non-hydrogen) atoms. The van der Waals surface area contributed by atoms with Gasteiger partial charge in [0.25, 0.3) is 0 Å². The largest absolute Gasteiger partial charge is 0.459 e. The summed E-state index contributed by atoms with van der Waals surface area (Å²) in [5, 5.41) is 0.520. The molecular formula is C15H14INO3. The summed E-state index contributed by atoms with van der Waals surface area (Å²) in [6, 6.07) is 5.47. The van der Waals surface area contributed by atoms with Crippen molar-refractivity contribution in [2.24, 2.45) is 0 Å². The number of esters is 1. The lowest BCUT2D eigenvalue weighted by molar-refractivity contribution is 0.0316. The summed E-state index contributed by atoms with van der Waals surface area (Å²) in [6.45, 7) is 0. The molecule has 1 fully saturated rings. The van der Waals surface area contributed by atoms with E-state index >= 15 is 0 Å². The Morgan fingerprint density at radius 2 is 2.05 bits per heavy atom. The highest BCUT2D eigenvalue weighted by Crippen LogP contribution is 2.22. The molecule has 1 aliphatic rings. The molecule has 104 valence electrons. The van der Waals surface area contributed by atoms with Crippen LogP contribution in [-0.4, -0.2) is 17.1 Å². The third-order valence-electron chi connectivity index (χ3n) is 3.64. The minimum absolute atomic E-state index is 0.0330. The number of rotatable bonds is 2. The van der Waals surface area contributed by atoms with Crippen molar-refractivity contribution in [2.75, 3.05) is 0 Å². The van der Waals surface area contributed by atoms with Crippen molar-refractivity contribution in [3.05, 3.63) is 43.8 Å². The fraction of sp³-hybridized carbons (Fsp3) is 0.333. The number of hydrogen-bond donors (Lipinski definition) is 1. The second-order valence-electron chi connectivity index (χ2n) is 5.03. The van der Waals surface area contributed by atoms with Crippen LogP contribution in [0.5, 0.6) is 0 Å². The number of aromatic nitrogens is 1. The number of hydrogen-bond acceptors (Lipinski definition) is 3. The molecule has 0 radical (unpaired) electrons. The molecule has 1 N–H and O–H groups in total. The fourth-order valence-corrected chi connectivity index (χ4v) is 3.06. The summed E-state index contributed by atoms with van der Waals surface area (Å²) < 4.78 is 6.42. The maximum Gasteiger partial charge on any atom is 0.343 e. The molecule has 0 spiro atoms. The van der Waals surface area contributed by atoms with Crippen LogP contribution >= 0.6 is 22.6 Å². The van der Waals surface area contributed by atoms with Crippen molar-refractivity contribution < 1.29 is 9.53 Å². The minimum Gasteiger partial charge on any atom is -0.459 e. The van der Waals surface area contributed by atoms with Crippen molar-refractivity contribution in [1.29, 1.82) is 0 Å². The number of pyridine rings is 1. The number of carbonyl (C=O) groups is 1. The summed E-state index contributed by atoms with van der Waals surface area (Å²) in [6.07, 6.45) is 5.40. The molecule has 4 nitrogen and oxygen atoms in total. The van der Waals surface area contributed by atoms with Gasteiger partial charge in [0.1, 0.15) is 11.7 Å². The number of ether oxygens (including phenoxy) is 1. The molecule has 1 heterocycles. The average Bonchev–Trinajstić information content (AvgIpc) is 2.91. The van der Waals surface area contributed by atoms with Crippen LogP contribution in [0.25, 0.3) is 10.9 Å². The average molecular weight is 383 g/mol. The zero-order chi connectivity index (χ0) is 14.1.